The van der Waals surface area contributed by atoms with Crippen LogP contribution < -0.4 is 5.54 Å². The maximum absolute atomic E-state index is 12.8. The van der Waals surface area contributed by atoms with E-state index in [4.69, 9.17) is 0 Å². The molecule has 2 aromatic carbocycles. The minimum Gasteiger partial charge on any atom is -0.147 e. The van der Waals surface area contributed by atoms with E-state index in [1.165, 1.54) is 0 Å². The maximum atomic E-state index is 12.8. The number of hydrogen-bond donors (Lipinski definition) is 1. The van der Waals surface area contributed by atoms with E-state index in [2.05, 4.69) is 0 Å². The molecule has 0 saturated carbocycles. The van der Waals surface area contributed by atoms with E-state index in [9.17, 15) is 4.48 Å². The highest BCUT2D eigenvalue weighted by molar-refractivity contribution is 5.30. The van der Waals surface area contributed by atoms with E-state index in [0.29, 0.717) is 0 Å². The predicted octanol–water partition coefficient (Wildman–Crippen LogP) is 3.25. The standard InChI is InChI=1S/C13H12FN/c14-15-13(11-7-3-1-4-8-11)12-9-5-2-6-10-12/h1-10,13,15H. The molecule has 0 aromatic heterocycles. The first-order valence-electron chi connectivity index (χ1n) is 4.88. The van der Waals surface area contributed by atoms with E-state index in [1.807, 2.05) is 66.2 Å². The quantitative estimate of drug-likeness (QED) is 0.751. The van der Waals surface area contributed by atoms with Gasteiger partial charge in [0.25, 0.3) is 0 Å². The molecule has 1 N–H and O–H groups in total. The molecule has 0 spiro atoms. The first kappa shape index (κ1) is 9.87. The van der Waals surface area contributed by atoms with Crippen LogP contribution in [0.1, 0.15) is 17.2 Å². The van der Waals surface area contributed by atoms with Crippen molar-refractivity contribution in [2.24, 2.45) is 0 Å². The van der Waals surface area contributed by atoms with Gasteiger partial charge in [-0.25, -0.2) is 0 Å². The minimum atomic E-state index is -0.382. The molecule has 2 heteroatoms. The van der Waals surface area contributed by atoms with Crippen LogP contribution in [0.5, 0.6) is 0 Å². The highest BCUT2D eigenvalue weighted by Crippen LogP contribution is 2.21. The van der Waals surface area contributed by atoms with E-state index >= 15 is 0 Å². The number of rotatable bonds is 3. The fourth-order valence-electron chi connectivity index (χ4n) is 1.61. The van der Waals surface area contributed by atoms with Gasteiger partial charge in [-0.2, -0.15) is 0 Å². The largest absolute Gasteiger partial charge is 0.147 e. The summed E-state index contributed by atoms with van der Waals surface area (Å²) in [7, 11) is 0. The molecule has 2 aromatic rings. The van der Waals surface area contributed by atoms with Gasteiger partial charge in [0.2, 0.25) is 0 Å². The Morgan fingerprint density at radius 2 is 1.13 bits per heavy atom. The van der Waals surface area contributed by atoms with Crippen LogP contribution in [-0.4, -0.2) is 0 Å². The zero-order valence-corrected chi connectivity index (χ0v) is 8.23. The summed E-state index contributed by atoms with van der Waals surface area (Å²) in [6.07, 6.45) is 0. The molecule has 0 radical (unpaired) electrons. The summed E-state index contributed by atoms with van der Waals surface area (Å²) < 4.78 is 12.8. The fourth-order valence-corrected chi connectivity index (χ4v) is 1.61. The molecule has 2 rings (SSSR count). The first-order chi connectivity index (χ1) is 7.42. The van der Waals surface area contributed by atoms with Crippen molar-refractivity contribution in [2.45, 2.75) is 6.04 Å². The second kappa shape index (κ2) is 4.71. The molecule has 0 bridgehead atoms. The molecular formula is C13H12FN. The van der Waals surface area contributed by atoms with Crippen molar-refractivity contribution in [1.82, 2.24) is 5.54 Å². The van der Waals surface area contributed by atoms with Crippen molar-refractivity contribution in [3.05, 3.63) is 71.8 Å². The molecule has 0 saturated heterocycles. The molecule has 0 aliphatic carbocycles. The summed E-state index contributed by atoms with van der Waals surface area (Å²) in [5, 5.41) is 0. The lowest BCUT2D eigenvalue weighted by atomic mass is 10.00. The number of halogens is 1. The van der Waals surface area contributed by atoms with Crippen LogP contribution in [-0.2, 0) is 0 Å². The molecule has 0 unspecified atom stereocenters. The molecule has 0 atom stereocenters. The van der Waals surface area contributed by atoms with Crippen LogP contribution in [0.2, 0.25) is 0 Å². The van der Waals surface area contributed by atoms with E-state index in [0.717, 1.165) is 11.1 Å². The van der Waals surface area contributed by atoms with Crippen molar-refractivity contribution in [3.63, 3.8) is 0 Å². The molecular weight excluding hydrogens is 189 g/mol. The normalized spacial score (nSPS) is 10.5. The van der Waals surface area contributed by atoms with Gasteiger partial charge in [-0.05, 0) is 11.1 Å². The number of nitrogens with one attached hydrogen (secondary N) is 1. The van der Waals surface area contributed by atoms with Crippen LogP contribution >= 0.6 is 0 Å². The summed E-state index contributed by atoms with van der Waals surface area (Å²) >= 11 is 0. The Hall–Kier alpha value is -1.67. The van der Waals surface area contributed by atoms with Crippen molar-refractivity contribution in [2.75, 3.05) is 0 Å². The first-order valence-corrected chi connectivity index (χ1v) is 4.88. The molecule has 0 amide bonds. The minimum absolute atomic E-state index is 0.382. The molecule has 1 nitrogen and oxygen atoms in total. The number of hydrogen-bond acceptors (Lipinski definition) is 1. The topological polar surface area (TPSA) is 12.0 Å². The Bertz CT molecular complexity index is 360. The SMILES string of the molecule is FNC(c1ccccc1)c1ccccc1. The summed E-state index contributed by atoms with van der Waals surface area (Å²) in [5.41, 5.74) is 3.68. The zero-order valence-electron chi connectivity index (χ0n) is 8.23. The smallest absolute Gasteiger partial charge is 0.0871 e. The Labute approximate surface area is 88.5 Å². The molecule has 76 valence electrons. The molecule has 15 heavy (non-hydrogen) atoms. The number of benzene rings is 2. The van der Waals surface area contributed by atoms with Gasteiger partial charge in [-0.3, -0.25) is 0 Å². The Morgan fingerprint density at radius 1 is 0.733 bits per heavy atom. The lowest BCUT2D eigenvalue weighted by molar-refractivity contribution is 0.297. The summed E-state index contributed by atoms with van der Waals surface area (Å²) in [4.78, 5) is 0. The summed E-state index contributed by atoms with van der Waals surface area (Å²) in [5.74, 6) is 0. The highest BCUT2D eigenvalue weighted by atomic mass is 19.2. The lowest BCUT2D eigenvalue weighted by Crippen LogP contribution is -2.13. The Morgan fingerprint density at radius 3 is 1.47 bits per heavy atom. The van der Waals surface area contributed by atoms with Crippen LogP contribution in [0.3, 0.4) is 0 Å². The van der Waals surface area contributed by atoms with Gasteiger partial charge in [-0.1, -0.05) is 60.7 Å². The van der Waals surface area contributed by atoms with Crippen LogP contribution in [0.15, 0.2) is 60.7 Å². The fraction of sp³-hybridized carbons (Fsp3) is 0.0769. The van der Waals surface area contributed by atoms with E-state index < -0.39 is 0 Å². The van der Waals surface area contributed by atoms with Crippen LogP contribution in [0.25, 0.3) is 0 Å². The third-order valence-corrected chi connectivity index (χ3v) is 2.37. The molecule has 0 aliphatic heterocycles. The lowest BCUT2D eigenvalue weighted by Gasteiger charge is -2.14. The summed E-state index contributed by atoms with van der Waals surface area (Å²) in [6, 6.07) is 18.7. The van der Waals surface area contributed by atoms with Crippen LogP contribution in [0.4, 0.5) is 4.48 Å². The predicted molar refractivity (Wildman–Crippen MR) is 59.0 cm³/mol. The van der Waals surface area contributed by atoms with Gasteiger partial charge in [0.1, 0.15) is 0 Å². The van der Waals surface area contributed by atoms with Crippen molar-refractivity contribution in [3.8, 4) is 0 Å². The second-order valence-electron chi connectivity index (χ2n) is 3.36. The third kappa shape index (κ3) is 2.22. The zero-order chi connectivity index (χ0) is 10.5. The van der Waals surface area contributed by atoms with Gasteiger partial charge in [0.05, 0.1) is 6.04 Å². The molecule has 0 fully saturated rings. The Balaban J connectivity index is 2.34. The van der Waals surface area contributed by atoms with E-state index in [-0.39, 0.29) is 6.04 Å². The second-order valence-corrected chi connectivity index (χ2v) is 3.36. The molecule has 0 heterocycles. The summed E-state index contributed by atoms with van der Waals surface area (Å²) in [6.45, 7) is 0. The van der Waals surface area contributed by atoms with Gasteiger partial charge >= 0.3 is 0 Å². The van der Waals surface area contributed by atoms with Crippen molar-refractivity contribution >= 4 is 0 Å². The average molecular weight is 201 g/mol. The van der Waals surface area contributed by atoms with Gasteiger partial charge < -0.3 is 0 Å². The van der Waals surface area contributed by atoms with Gasteiger partial charge in [0, 0.05) is 0 Å². The monoisotopic (exact) mass is 201 g/mol. The maximum Gasteiger partial charge on any atom is 0.0871 e. The van der Waals surface area contributed by atoms with Crippen LogP contribution in [0, 0.1) is 0 Å². The third-order valence-electron chi connectivity index (χ3n) is 2.37. The van der Waals surface area contributed by atoms with E-state index in [1.54, 1.807) is 0 Å². The van der Waals surface area contributed by atoms with Crippen molar-refractivity contribution in [1.29, 1.82) is 0 Å². The highest BCUT2D eigenvalue weighted by Gasteiger charge is 2.11. The average Bonchev–Trinajstić information content (AvgIpc) is 2.33. The Kier molecular flexibility index (Phi) is 3.10. The molecule has 0 aliphatic rings. The van der Waals surface area contributed by atoms with Crippen molar-refractivity contribution < 1.29 is 4.48 Å². The van der Waals surface area contributed by atoms with Gasteiger partial charge in [0.15, 0.2) is 0 Å². The van der Waals surface area contributed by atoms with Gasteiger partial charge in [-0.15, -0.1) is 10.0 Å².